The first-order valence-corrected chi connectivity index (χ1v) is 7.74. The lowest BCUT2D eigenvalue weighted by atomic mass is 10.2. The van der Waals surface area contributed by atoms with Crippen LogP contribution in [0, 0.1) is 5.82 Å². The number of hydrogen-bond acceptors (Lipinski definition) is 4. The van der Waals surface area contributed by atoms with E-state index in [2.05, 4.69) is 0 Å². The van der Waals surface area contributed by atoms with Crippen LogP contribution in [0.5, 0.6) is 5.75 Å². The first-order valence-electron chi connectivity index (χ1n) is 6.30. The Bertz CT molecular complexity index is 793. The molecule has 3 rings (SSSR count). The number of anilines is 2. The molecular formula is C14H13FN2O3S. The number of rotatable bonds is 2. The average Bonchev–Trinajstić information content (AvgIpc) is 2.47. The molecule has 1 heterocycles. The molecule has 2 aromatic carbocycles. The summed E-state index contributed by atoms with van der Waals surface area (Å²) in [4.78, 5) is -0.361. The van der Waals surface area contributed by atoms with Crippen LogP contribution in [0.1, 0.15) is 0 Å². The van der Waals surface area contributed by atoms with Gasteiger partial charge in [-0.2, -0.15) is 0 Å². The zero-order valence-corrected chi connectivity index (χ0v) is 11.8. The van der Waals surface area contributed by atoms with Crippen molar-refractivity contribution >= 4 is 21.4 Å². The summed E-state index contributed by atoms with van der Waals surface area (Å²) in [6, 6.07) is 10.1. The summed E-state index contributed by atoms with van der Waals surface area (Å²) in [6.45, 7) is 0.266. The van der Waals surface area contributed by atoms with E-state index in [4.69, 9.17) is 10.5 Å². The lowest BCUT2D eigenvalue weighted by Gasteiger charge is -2.31. The van der Waals surface area contributed by atoms with Gasteiger partial charge in [-0.3, -0.25) is 4.31 Å². The number of nitrogen functional groups attached to an aromatic ring is 1. The van der Waals surface area contributed by atoms with Crippen molar-refractivity contribution in [3.05, 3.63) is 48.3 Å². The molecular weight excluding hydrogens is 295 g/mol. The molecule has 21 heavy (non-hydrogen) atoms. The third kappa shape index (κ3) is 2.19. The molecule has 0 atom stereocenters. The molecule has 0 saturated carbocycles. The summed E-state index contributed by atoms with van der Waals surface area (Å²) in [6.07, 6.45) is 0. The molecule has 5 nitrogen and oxygen atoms in total. The third-order valence-corrected chi connectivity index (χ3v) is 5.09. The Kier molecular flexibility index (Phi) is 3.21. The van der Waals surface area contributed by atoms with Gasteiger partial charge >= 0.3 is 0 Å². The molecule has 2 N–H and O–H groups in total. The van der Waals surface area contributed by atoms with Crippen LogP contribution in [0.2, 0.25) is 0 Å². The standard InChI is InChI=1S/C14H13FN2O3S/c15-10-4-1-2-7-13(10)21(18,19)17-8-9-20-14-11(16)5-3-6-12(14)17/h1-7H,8-9,16H2. The molecule has 110 valence electrons. The highest BCUT2D eigenvalue weighted by Gasteiger charge is 2.32. The monoisotopic (exact) mass is 308 g/mol. The maximum Gasteiger partial charge on any atom is 0.267 e. The van der Waals surface area contributed by atoms with E-state index in [1.54, 1.807) is 18.2 Å². The van der Waals surface area contributed by atoms with Crippen molar-refractivity contribution in [2.45, 2.75) is 4.90 Å². The van der Waals surface area contributed by atoms with E-state index in [1.165, 1.54) is 18.2 Å². The molecule has 0 radical (unpaired) electrons. The van der Waals surface area contributed by atoms with E-state index in [0.29, 0.717) is 17.1 Å². The molecule has 2 aromatic rings. The summed E-state index contributed by atoms with van der Waals surface area (Å²) in [7, 11) is -4.00. The molecule has 1 aliphatic rings. The van der Waals surface area contributed by atoms with E-state index >= 15 is 0 Å². The Morgan fingerprint density at radius 2 is 1.90 bits per heavy atom. The minimum atomic E-state index is -4.00. The van der Waals surface area contributed by atoms with E-state index in [1.807, 2.05) is 0 Å². The Balaban J connectivity index is 2.15. The van der Waals surface area contributed by atoms with Crippen molar-refractivity contribution in [3.8, 4) is 5.75 Å². The number of sulfonamides is 1. The number of nitrogens with two attached hydrogens (primary N) is 1. The summed E-state index contributed by atoms with van der Waals surface area (Å²) in [5.41, 5.74) is 6.47. The van der Waals surface area contributed by atoms with Gasteiger partial charge in [0.25, 0.3) is 10.0 Å². The minimum Gasteiger partial charge on any atom is -0.487 e. The van der Waals surface area contributed by atoms with Crippen molar-refractivity contribution < 1.29 is 17.5 Å². The van der Waals surface area contributed by atoms with Crippen LogP contribution >= 0.6 is 0 Å². The molecule has 7 heteroatoms. The van der Waals surface area contributed by atoms with Crippen LogP contribution in [-0.2, 0) is 10.0 Å². The van der Waals surface area contributed by atoms with E-state index < -0.39 is 15.8 Å². The van der Waals surface area contributed by atoms with Gasteiger partial charge in [0, 0.05) is 0 Å². The van der Waals surface area contributed by atoms with Gasteiger partial charge in [-0.15, -0.1) is 0 Å². The normalized spacial score (nSPS) is 14.4. The second-order valence-corrected chi connectivity index (χ2v) is 6.38. The second-order valence-electron chi connectivity index (χ2n) is 4.55. The van der Waals surface area contributed by atoms with Crippen LogP contribution in [-0.4, -0.2) is 21.6 Å². The fourth-order valence-corrected chi connectivity index (χ4v) is 3.79. The van der Waals surface area contributed by atoms with Gasteiger partial charge in [0.05, 0.1) is 17.9 Å². The van der Waals surface area contributed by atoms with Crippen LogP contribution in [0.15, 0.2) is 47.4 Å². The first-order chi connectivity index (χ1) is 10.0. The maximum absolute atomic E-state index is 13.8. The van der Waals surface area contributed by atoms with Crippen molar-refractivity contribution in [2.24, 2.45) is 0 Å². The molecule has 0 bridgehead atoms. The highest BCUT2D eigenvalue weighted by molar-refractivity contribution is 7.92. The predicted octanol–water partition coefficient (Wildman–Crippen LogP) is 2.00. The SMILES string of the molecule is Nc1cccc2c1OCCN2S(=O)(=O)c1ccccc1F. The van der Waals surface area contributed by atoms with Gasteiger partial charge in [-0.1, -0.05) is 18.2 Å². The Hall–Kier alpha value is -2.28. The predicted molar refractivity (Wildman–Crippen MR) is 77.3 cm³/mol. The van der Waals surface area contributed by atoms with Crippen LogP contribution in [0.3, 0.4) is 0 Å². The molecule has 1 aliphatic heterocycles. The zero-order valence-electron chi connectivity index (χ0n) is 11.0. The quantitative estimate of drug-likeness (QED) is 0.861. The minimum absolute atomic E-state index is 0.104. The van der Waals surface area contributed by atoms with Gasteiger partial charge in [0.1, 0.15) is 17.3 Å². The third-order valence-electron chi connectivity index (χ3n) is 3.24. The molecule has 0 spiro atoms. The first kappa shape index (κ1) is 13.7. The van der Waals surface area contributed by atoms with Crippen molar-refractivity contribution in [2.75, 3.05) is 23.2 Å². The second kappa shape index (κ2) is 4.92. The van der Waals surface area contributed by atoms with E-state index in [-0.39, 0.29) is 18.0 Å². The van der Waals surface area contributed by atoms with Gasteiger partial charge < -0.3 is 10.5 Å². The van der Waals surface area contributed by atoms with E-state index in [9.17, 15) is 12.8 Å². The summed E-state index contributed by atoms with van der Waals surface area (Å²) in [5, 5.41) is 0. The number of para-hydroxylation sites is 1. The number of nitrogens with zero attached hydrogens (tertiary/aromatic N) is 1. The number of fused-ring (bicyclic) bond motifs is 1. The summed E-state index contributed by atoms with van der Waals surface area (Å²) >= 11 is 0. The fourth-order valence-electron chi connectivity index (χ4n) is 2.27. The van der Waals surface area contributed by atoms with Crippen LogP contribution in [0.4, 0.5) is 15.8 Å². The van der Waals surface area contributed by atoms with E-state index in [0.717, 1.165) is 10.4 Å². The lowest BCUT2D eigenvalue weighted by molar-refractivity contribution is 0.317. The zero-order chi connectivity index (χ0) is 15.0. The lowest BCUT2D eigenvalue weighted by Crippen LogP contribution is -2.38. The fraction of sp³-hybridized carbons (Fsp3) is 0.143. The Labute approximate surface area is 121 Å². The highest BCUT2D eigenvalue weighted by atomic mass is 32.2. The smallest absolute Gasteiger partial charge is 0.267 e. The van der Waals surface area contributed by atoms with Crippen molar-refractivity contribution in [3.63, 3.8) is 0 Å². The van der Waals surface area contributed by atoms with Gasteiger partial charge in [0.15, 0.2) is 5.75 Å². The maximum atomic E-state index is 13.8. The molecule has 0 unspecified atom stereocenters. The summed E-state index contributed by atoms with van der Waals surface area (Å²) < 4.78 is 45.7. The van der Waals surface area contributed by atoms with Crippen LogP contribution < -0.4 is 14.8 Å². The van der Waals surface area contributed by atoms with Crippen molar-refractivity contribution in [1.29, 1.82) is 0 Å². The molecule has 0 fully saturated rings. The van der Waals surface area contributed by atoms with Gasteiger partial charge in [-0.25, -0.2) is 12.8 Å². The number of halogens is 1. The molecule has 0 aromatic heterocycles. The Morgan fingerprint density at radius 1 is 1.14 bits per heavy atom. The van der Waals surface area contributed by atoms with Gasteiger partial charge in [-0.05, 0) is 24.3 Å². The number of ether oxygens (including phenoxy) is 1. The topological polar surface area (TPSA) is 72.6 Å². The Morgan fingerprint density at radius 3 is 2.67 bits per heavy atom. The van der Waals surface area contributed by atoms with Crippen LogP contribution in [0.25, 0.3) is 0 Å². The molecule has 0 aliphatic carbocycles. The molecule has 0 saturated heterocycles. The van der Waals surface area contributed by atoms with Gasteiger partial charge in [0.2, 0.25) is 0 Å². The number of benzene rings is 2. The summed E-state index contributed by atoms with van der Waals surface area (Å²) in [5.74, 6) is -0.474. The molecule has 0 amide bonds. The largest absolute Gasteiger partial charge is 0.487 e. The highest BCUT2D eigenvalue weighted by Crippen LogP contribution is 2.39. The van der Waals surface area contributed by atoms with Crippen molar-refractivity contribution in [1.82, 2.24) is 0 Å². The number of hydrogen-bond donors (Lipinski definition) is 1. The average molecular weight is 308 g/mol.